The normalized spacial score (nSPS) is 26.6. The van der Waals surface area contributed by atoms with Gasteiger partial charge in [-0.15, -0.1) is 0 Å². The molecule has 0 unspecified atom stereocenters. The third-order valence-electron chi connectivity index (χ3n) is 6.46. The van der Waals surface area contributed by atoms with Crippen molar-refractivity contribution in [1.29, 1.82) is 0 Å². The maximum atomic E-state index is 14.4. The number of hydrogen-bond donors (Lipinski definition) is 1. The number of aliphatic hydroxyl groups is 1. The average molecular weight is 400 g/mol. The summed E-state index contributed by atoms with van der Waals surface area (Å²) in [5.74, 6) is 0.538. The van der Waals surface area contributed by atoms with Crippen LogP contribution in [0.25, 0.3) is 0 Å². The van der Waals surface area contributed by atoms with Gasteiger partial charge in [0.05, 0.1) is 19.3 Å². The third kappa shape index (κ3) is 4.04. The summed E-state index contributed by atoms with van der Waals surface area (Å²) >= 11 is 0. The summed E-state index contributed by atoms with van der Waals surface area (Å²) in [6, 6.07) is 13.4. The fourth-order valence-corrected chi connectivity index (χ4v) is 5.10. The van der Waals surface area contributed by atoms with Gasteiger partial charge in [0.25, 0.3) is 0 Å². The molecule has 0 aliphatic carbocycles. The van der Waals surface area contributed by atoms with Gasteiger partial charge in [0.2, 0.25) is 0 Å². The molecule has 5 heteroatoms. The van der Waals surface area contributed by atoms with E-state index in [1.54, 1.807) is 19.2 Å². The minimum Gasteiger partial charge on any atom is -0.496 e. The number of halogens is 1. The monoisotopic (exact) mass is 399 g/mol. The van der Waals surface area contributed by atoms with Gasteiger partial charge in [-0.3, -0.25) is 4.90 Å². The number of nitrogens with zero attached hydrogens (tertiary/aromatic N) is 1. The maximum Gasteiger partial charge on any atom is 0.129 e. The summed E-state index contributed by atoms with van der Waals surface area (Å²) < 4.78 is 25.4. The van der Waals surface area contributed by atoms with Crippen molar-refractivity contribution in [2.45, 2.75) is 63.4 Å². The summed E-state index contributed by atoms with van der Waals surface area (Å²) in [7, 11) is 1.68. The molecule has 2 bridgehead atoms. The average Bonchev–Trinajstić information content (AvgIpc) is 2.96. The summed E-state index contributed by atoms with van der Waals surface area (Å²) in [6.45, 7) is 4.01. The van der Waals surface area contributed by atoms with Crippen molar-refractivity contribution in [2.75, 3.05) is 13.7 Å². The van der Waals surface area contributed by atoms with Crippen LogP contribution in [0.2, 0.25) is 0 Å². The van der Waals surface area contributed by atoms with Crippen LogP contribution in [-0.2, 0) is 23.5 Å². The van der Waals surface area contributed by atoms with E-state index in [2.05, 4.69) is 17.0 Å². The second kappa shape index (κ2) is 8.42. The number of piperidine rings is 1. The minimum absolute atomic E-state index is 0.260. The zero-order chi connectivity index (χ0) is 20.4. The molecule has 0 saturated carbocycles. The quantitative estimate of drug-likeness (QED) is 0.750. The molecule has 0 radical (unpaired) electrons. The number of hydrogen-bond acceptors (Lipinski definition) is 4. The molecule has 29 heavy (non-hydrogen) atoms. The molecule has 2 aromatic carbocycles. The van der Waals surface area contributed by atoms with Crippen LogP contribution in [0, 0.1) is 5.82 Å². The summed E-state index contributed by atoms with van der Waals surface area (Å²) in [5.41, 5.74) is 1.64. The van der Waals surface area contributed by atoms with Crippen LogP contribution in [0.4, 0.5) is 4.39 Å². The Morgan fingerprint density at radius 3 is 2.52 bits per heavy atom. The smallest absolute Gasteiger partial charge is 0.129 e. The van der Waals surface area contributed by atoms with Crippen LogP contribution in [0.3, 0.4) is 0 Å². The van der Waals surface area contributed by atoms with Crippen molar-refractivity contribution < 1.29 is 19.0 Å². The molecule has 2 fully saturated rings. The Labute approximate surface area is 172 Å². The van der Waals surface area contributed by atoms with E-state index in [4.69, 9.17) is 9.47 Å². The SMILES string of the molecule is CCOCc1cc(CN2[C@@H]3CC[C@@H]2CC(O)(c2ccccc2F)C3)ccc1OC. The van der Waals surface area contributed by atoms with Crippen LogP contribution < -0.4 is 4.74 Å². The van der Waals surface area contributed by atoms with Crippen LogP contribution >= 0.6 is 0 Å². The van der Waals surface area contributed by atoms with Crippen molar-refractivity contribution in [1.82, 2.24) is 4.90 Å². The highest BCUT2D eigenvalue weighted by Gasteiger charge is 2.48. The molecule has 2 aromatic rings. The summed E-state index contributed by atoms with van der Waals surface area (Å²) in [4.78, 5) is 2.49. The Balaban J connectivity index is 1.52. The lowest BCUT2D eigenvalue weighted by atomic mass is 9.80. The van der Waals surface area contributed by atoms with Gasteiger partial charge in [0, 0.05) is 36.4 Å². The van der Waals surface area contributed by atoms with Gasteiger partial charge in [-0.25, -0.2) is 4.39 Å². The fraction of sp³-hybridized carbons (Fsp3) is 0.500. The third-order valence-corrected chi connectivity index (χ3v) is 6.46. The molecule has 4 rings (SSSR count). The highest BCUT2D eigenvalue weighted by molar-refractivity contribution is 5.37. The van der Waals surface area contributed by atoms with Gasteiger partial charge in [0.1, 0.15) is 11.6 Å². The molecule has 0 amide bonds. The first-order valence-electron chi connectivity index (χ1n) is 10.5. The Morgan fingerprint density at radius 1 is 1.14 bits per heavy atom. The molecule has 0 aromatic heterocycles. The predicted molar refractivity (Wildman–Crippen MR) is 110 cm³/mol. The summed E-state index contributed by atoms with van der Waals surface area (Å²) in [5, 5.41) is 11.3. The van der Waals surface area contributed by atoms with E-state index in [-0.39, 0.29) is 17.9 Å². The molecule has 2 heterocycles. The van der Waals surface area contributed by atoms with E-state index in [0.717, 1.165) is 30.7 Å². The van der Waals surface area contributed by atoms with Crippen molar-refractivity contribution in [2.24, 2.45) is 0 Å². The second-order valence-corrected chi connectivity index (χ2v) is 8.26. The van der Waals surface area contributed by atoms with Gasteiger partial charge in [0.15, 0.2) is 0 Å². The zero-order valence-electron chi connectivity index (χ0n) is 17.2. The van der Waals surface area contributed by atoms with Crippen molar-refractivity contribution in [3.63, 3.8) is 0 Å². The van der Waals surface area contributed by atoms with Gasteiger partial charge >= 0.3 is 0 Å². The molecular formula is C24H30FNO3. The van der Waals surface area contributed by atoms with Crippen LogP contribution in [0.1, 0.15) is 49.3 Å². The zero-order valence-corrected chi connectivity index (χ0v) is 17.2. The van der Waals surface area contributed by atoms with Gasteiger partial charge in [-0.2, -0.15) is 0 Å². The standard InChI is InChI=1S/C24H30FNO3/c1-3-29-16-18-12-17(8-11-23(18)28-2)15-26-19-9-10-20(26)14-24(27,13-19)21-6-4-5-7-22(21)25/h4-8,11-12,19-20,27H,3,9-10,13-16H2,1-2H3/t19-,20-/m1/s1. The Kier molecular flexibility index (Phi) is 5.91. The van der Waals surface area contributed by atoms with E-state index in [9.17, 15) is 9.50 Å². The number of benzene rings is 2. The fourth-order valence-electron chi connectivity index (χ4n) is 5.10. The molecule has 2 saturated heterocycles. The Hall–Kier alpha value is -1.95. The second-order valence-electron chi connectivity index (χ2n) is 8.26. The van der Waals surface area contributed by atoms with Crippen LogP contribution in [0.15, 0.2) is 42.5 Å². The Bertz CT molecular complexity index is 842. The lowest BCUT2D eigenvalue weighted by Crippen LogP contribution is -2.49. The summed E-state index contributed by atoms with van der Waals surface area (Å²) in [6.07, 6.45) is 3.24. The number of methoxy groups -OCH3 is 1. The topological polar surface area (TPSA) is 41.9 Å². The van der Waals surface area contributed by atoms with Gasteiger partial charge < -0.3 is 14.6 Å². The number of ether oxygens (including phenoxy) is 2. The van der Waals surface area contributed by atoms with Crippen LogP contribution in [0.5, 0.6) is 5.75 Å². The predicted octanol–water partition coefficient (Wildman–Crippen LogP) is 4.39. The van der Waals surface area contributed by atoms with Crippen LogP contribution in [-0.4, -0.2) is 35.8 Å². The van der Waals surface area contributed by atoms with Crippen molar-refractivity contribution >= 4 is 0 Å². The molecular weight excluding hydrogens is 369 g/mol. The van der Waals surface area contributed by atoms with E-state index < -0.39 is 5.60 Å². The Morgan fingerprint density at radius 2 is 1.86 bits per heavy atom. The first-order valence-corrected chi connectivity index (χ1v) is 10.5. The lowest BCUT2D eigenvalue weighted by Gasteiger charge is -2.44. The van der Waals surface area contributed by atoms with E-state index >= 15 is 0 Å². The highest BCUT2D eigenvalue weighted by atomic mass is 19.1. The molecule has 4 nitrogen and oxygen atoms in total. The highest BCUT2D eigenvalue weighted by Crippen LogP contribution is 2.46. The van der Waals surface area contributed by atoms with E-state index in [1.165, 1.54) is 11.6 Å². The van der Waals surface area contributed by atoms with E-state index in [1.807, 2.05) is 19.1 Å². The van der Waals surface area contributed by atoms with E-state index in [0.29, 0.717) is 31.6 Å². The first kappa shape index (κ1) is 20.3. The number of rotatable bonds is 7. The lowest BCUT2D eigenvalue weighted by molar-refractivity contribution is -0.0615. The molecule has 1 N–H and O–H groups in total. The first-order chi connectivity index (χ1) is 14.0. The molecule has 0 spiro atoms. The molecule has 2 atom stereocenters. The largest absolute Gasteiger partial charge is 0.496 e. The maximum absolute atomic E-state index is 14.4. The molecule has 156 valence electrons. The number of fused-ring (bicyclic) bond motifs is 2. The van der Waals surface area contributed by atoms with Gasteiger partial charge in [-0.05, 0) is 56.4 Å². The van der Waals surface area contributed by atoms with Gasteiger partial charge in [-0.1, -0.05) is 24.3 Å². The van der Waals surface area contributed by atoms with Crippen molar-refractivity contribution in [3.8, 4) is 5.75 Å². The molecule has 2 aliphatic rings. The minimum atomic E-state index is -1.08. The van der Waals surface area contributed by atoms with Crippen molar-refractivity contribution in [3.05, 3.63) is 65.0 Å². The molecule has 2 aliphatic heterocycles.